The fourth-order valence-corrected chi connectivity index (χ4v) is 2.82. The van der Waals surface area contributed by atoms with Crippen LogP contribution in [-0.2, 0) is 0 Å². The standard InChI is InChI=1S/C13H25N3/c1-13(2,3)12(14)16-9-6-11(10-16)15-7-4-5-8-15/h11,14H,4-10H2,1-3H3. The first kappa shape index (κ1) is 11.9. The summed E-state index contributed by atoms with van der Waals surface area (Å²) in [5.74, 6) is 0.814. The molecule has 0 aromatic heterocycles. The molecule has 0 amide bonds. The van der Waals surface area contributed by atoms with Gasteiger partial charge in [-0.1, -0.05) is 20.8 Å². The maximum atomic E-state index is 8.21. The first-order valence-electron chi connectivity index (χ1n) is 6.56. The van der Waals surface area contributed by atoms with E-state index in [4.69, 9.17) is 5.41 Å². The Morgan fingerprint density at radius 2 is 1.75 bits per heavy atom. The van der Waals surface area contributed by atoms with Crippen molar-refractivity contribution in [2.75, 3.05) is 26.2 Å². The summed E-state index contributed by atoms with van der Waals surface area (Å²) in [7, 11) is 0. The van der Waals surface area contributed by atoms with Gasteiger partial charge in [0.05, 0.1) is 0 Å². The van der Waals surface area contributed by atoms with Gasteiger partial charge in [-0.15, -0.1) is 0 Å². The minimum absolute atomic E-state index is 0.0000999. The van der Waals surface area contributed by atoms with Gasteiger partial charge in [0.15, 0.2) is 0 Å². The van der Waals surface area contributed by atoms with Crippen LogP contribution < -0.4 is 0 Å². The molecule has 2 aliphatic heterocycles. The van der Waals surface area contributed by atoms with Gasteiger partial charge in [-0.3, -0.25) is 10.3 Å². The molecule has 16 heavy (non-hydrogen) atoms. The van der Waals surface area contributed by atoms with Gasteiger partial charge in [0, 0.05) is 24.5 Å². The van der Waals surface area contributed by atoms with Crippen LogP contribution in [0.15, 0.2) is 0 Å². The van der Waals surface area contributed by atoms with E-state index in [-0.39, 0.29) is 5.41 Å². The van der Waals surface area contributed by atoms with E-state index < -0.39 is 0 Å². The lowest BCUT2D eigenvalue weighted by Gasteiger charge is -2.30. The zero-order valence-electron chi connectivity index (χ0n) is 10.9. The van der Waals surface area contributed by atoms with E-state index in [0.717, 1.165) is 18.9 Å². The predicted molar refractivity (Wildman–Crippen MR) is 68.0 cm³/mol. The maximum Gasteiger partial charge on any atom is 0.101 e. The van der Waals surface area contributed by atoms with Crippen LogP contribution in [0.2, 0.25) is 0 Å². The normalized spacial score (nSPS) is 27.7. The number of hydrogen-bond donors (Lipinski definition) is 1. The molecule has 0 saturated carbocycles. The third-order valence-corrected chi connectivity index (χ3v) is 3.85. The second-order valence-electron chi connectivity index (χ2n) is 6.23. The Bertz CT molecular complexity index is 261. The zero-order chi connectivity index (χ0) is 11.8. The van der Waals surface area contributed by atoms with Crippen molar-refractivity contribution < 1.29 is 0 Å². The Hall–Kier alpha value is -0.570. The van der Waals surface area contributed by atoms with Crippen molar-refractivity contribution in [1.82, 2.24) is 9.80 Å². The van der Waals surface area contributed by atoms with Crippen molar-refractivity contribution in [2.24, 2.45) is 5.41 Å². The summed E-state index contributed by atoms with van der Waals surface area (Å²) in [6.07, 6.45) is 3.99. The highest BCUT2D eigenvalue weighted by atomic mass is 15.3. The van der Waals surface area contributed by atoms with E-state index in [1.165, 1.54) is 32.4 Å². The maximum absolute atomic E-state index is 8.21. The van der Waals surface area contributed by atoms with Gasteiger partial charge >= 0.3 is 0 Å². The molecule has 0 aromatic rings. The topological polar surface area (TPSA) is 30.3 Å². The molecular weight excluding hydrogens is 198 g/mol. The van der Waals surface area contributed by atoms with Gasteiger partial charge in [-0.05, 0) is 32.4 Å². The molecule has 3 nitrogen and oxygen atoms in total. The fourth-order valence-electron chi connectivity index (χ4n) is 2.82. The van der Waals surface area contributed by atoms with E-state index in [0.29, 0.717) is 6.04 Å². The number of hydrogen-bond acceptors (Lipinski definition) is 2. The predicted octanol–water partition coefficient (Wildman–Crippen LogP) is 2.18. The Kier molecular flexibility index (Phi) is 3.24. The van der Waals surface area contributed by atoms with Crippen LogP contribution in [0.5, 0.6) is 0 Å². The second kappa shape index (κ2) is 4.36. The number of nitrogens with zero attached hydrogens (tertiary/aromatic N) is 2. The van der Waals surface area contributed by atoms with Crippen molar-refractivity contribution in [3.63, 3.8) is 0 Å². The van der Waals surface area contributed by atoms with Gasteiger partial charge in [0.2, 0.25) is 0 Å². The lowest BCUT2D eigenvalue weighted by molar-refractivity contribution is 0.247. The van der Waals surface area contributed by atoms with Gasteiger partial charge in [0.25, 0.3) is 0 Å². The van der Waals surface area contributed by atoms with Crippen molar-refractivity contribution in [1.29, 1.82) is 5.41 Å². The Labute approximate surface area is 99.3 Å². The average molecular weight is 223 g/mol. The summed E-state index contributed by atoms with van der Waals surface area (Å²) in [5.41, 5.74) is -0.0000999. The minimum atomic E-state index is -0.0000999. The molecule has 0 spiro atoms. The molecule has 1 N–H and O–H groups in total. The van der Waals surface area contributed by atoms with Crippen LogP contribution in [0.4, 0.5) is 0 Å². The molecule has 2 saturated heterocycles. The molecular formula is C13H25N3. The third kappa shape index (κ3) is 2.40. The van der Waals surface area contributed by atoms with Crippen LogP contribution >= 0.6 is 0 Å². The molecule has 92 valence electrons. The van der Waals surface area contributed by atoms with Gasteiger partial charge < -0.3 is 4.90 Å². The van der Waals surface area contributed by atoms with E-state index in [1.807, 2.05) is 0 Å². The third-order valence-electron chi connectivity index (χ3n) is 3.85. The van der Waals surface area contributed by atoms with Crippen molar-refractivity contribution in [3.05, 3.63) is 0 Å². The Balaban J connectivity index is 1.90. The fraction of sp³-hybridized carbons (Fsp3) is 0.923. The van der Waals surface area contributed by atoms with Gasteiger partial charge in [-0.25, -0.2) is 0 Å². The molecule has 2 fully saturated rings. The van der Waals surface area contributed by atoms with Crippen LogP contribution in [0, 0.1) is 10.8 Å². The molecule has 3 heteroatoms. The smallest absolute Gasteiger partial charge is 0.101 e. The first-order chi connectivity index (χ1) is 7.48. The minimum Gasteiger partial charge on any atom is -0.358 e. The molecule has 2 rings (SSSR count). The molecule has 0 radical (unpaired) electrons. The summed E-state index contributed by atoms with van der Waals surface area (Å²) >= 11 is 0. The number of nitrogens with one attached hydrogen (secondary N) is 1. The quantitative estimate of drug-likeness (QED) is 0.545. The van der Waals surface area contributed by atoms with E-state index >= 15 is 0 Å². The first-order valence-corrected chi connectivity index (χ1v) is 6.56. The second-order valence-corrected chi connectivity index (χ2v) is 6.23. The highest BCUT2D eigenvalue weighted by Crippen LogP contribution is 2.25. The summed E-state index contributed by atoms with van der Waals surface area (Å²) in [6, 6.07) is 0.713. The highest BCUT2D eigenvalue weighted by Gasteiger charge is 2.33. The van der Waals surface area contributed by atoms with Gasteiger partial charge in [0.1, 0.15) is 5.84 Å². The number of likely N-dealkylation sites (tertiary alicyclic amines) is 2. The van der Waals surface area contributed by atoms with Crippen molar-refractivity contribution in [3.8, 4) is 0 Å². The molecule has 1 atom stereocenters. The van der Waals surface area contributed by atoms with Crippen molar-refractivity contribution >= 4 is 5.84 Å². The number of rotatable bonds is 1. The SMILES string of the molecule is CC(C)(C)C(=N)N1CCC(N2CCCC2)C1. The molecule has 1 unspecified atom stereocenters. The van der Waals surface area contributed by atoms with Crippen molar-refractivity contribution in [2.45, 2.75) is 46.1 Å². The molecule has 0 aliphatic carbocycles. The molecule has 0 bridgehead atoms. The summed E-state index contributed by atoms with van der Waals surface area (Å²) in [5, 5.41) is 8.21. The lowest BCUT2D eigenvalue weighted by Crippen LogP contribution is -2.40. The summed E-state index contributed by atoms with van der Waals surface area (Å²) in [4.78, 5) is 4.90. The highest BCUT2D eigenvalue weighted by molar-refractivity contribution is 5.84. The average Bonchev–Trinajstić information content (AvgIpc) is 2.85. The van der Waals surface area contributed by atoms with E-state index in [9.17, 15) is 0 Å². The zero-order valence-corrected chi connectivity index (χ0v) is 10.9. The van der Waals surface area contributed by atoms with Crippen LogP contribution in [-0.4, -0.2) is 47.9 Å². The van der Waals surface area contributed by atoms with E-state index in [1.54, 1.807) is 0 Å². The Morgan fingerprint density at radius 1 is 1.12 bits per heavy atom. The molecule has 2 heterocycles. The largest absolute Gasteiger partial charge is 0.358 e. The summed E-state index contributed by atoms with van der Waals surface area (Å²) in [6.45, 7) is 11.1. The monoisotopic (exact) mass is 223 g/mol. The molecule has 0 aromatic carbocycles. The Morgan fingerprint density at radius 3 is 2.31 bits per heavy atom. The van der Waals surface area contributed by atoms with E-state index in [2.05, 4.69) is 30.6 Å². The van der Waals surface area contributed by atoms with Crippen LogP contribution in [0.3, 0.4) is 0 Å². The lowest BCUT2D eigenvalue weighted by atomic mass is 9.94. The number of amidine groups is 1. The van der Waals surface area contributed by atoms with Crippen LogP contribution in [0.1, 0.15) is 40.0 Å². The summed E-state index contributed by atoms with van der Waals surface area (Å²) < 4.78 is 0. The van der Waals surface area contributed by atoms with Crippen LogP contribution in [0.25, 0.3) is 0 Å². The molecule has 2 aliphatic rings. The van der Waals surface area contributed by atoms with Gasteiger partial charge in [-0.2, -0.15) is 0 Å².